The number of rotatable bonds is 2. The number of carbonyl (C=O) groups is 1. The van der Waals surface area contributed by atoms with Gasteiger partial charge >= 0.3 is 0 Å². The Kier molecular flexibility index (Phi) is 3.26. The third-order valence-corrected chi connectivity index (χ3v) is 3.30. The molecule has 1 aliphatic heterocycles. The third kappa shape index (κ3) is 2.53. The zero-order valence-electron chi connectivity index (χ0n) is 9.63. The van der Waals surface area contributed by atoms with Crippen LogP contribution in [0.1, 0.15) is 19.8 Å². The molecule has 92 valence electrons. The first-order valence-electron chi connectivity index (χ1n) is 5.52. The molecule has 3 N–H and O–H groups in total. The van der Waals surface area contributed by atoms with Crippen LogP contribution in [0.3, 0.4) is 0 Å². The average molecular weight is 255 g/mol. The predicted octanol–water partition coefficient (Wildman–Crippen LogP) is 2.43. The summed E-state index contributed by atoms with van der Waals surface area (Å²) in [5.41, 5.74) is 6.02. The third-order valence-electron chi connectivity index (χ3n) is 2.95. The Hall–Kier alpha value is -1.26. The molecular weight excluding hydrogens is 240 g/mol. The van der Waals surface area contributed by atoms with Crippen molar-refractivity contribution in [1.29, 1.82) is 0 Å². The van der Waals surface area contributed by atoms with Crippen LogP contribution in [0, 0.1) is 0 Å². The summed E-state index contributed by atoms with van der Waals surface area (Å²) in [7, 11) is 0. The monoisotopic (exact) mass is 254 g/mol. The molecule has 1 aliphatic rings. The van der Waals surface area contributed by atoms with Gasteiger partial charge in [-0.3, -0.25) is 4.79 Å². The van der Waals surface area contributed by atoms with Crippen molar-refractivity contribution in [1.82, 2.24) is 0 Å². The average Bonchev–Trinajstić information content (AvgIpc) is 2.72. The van der Waals surface area contributed by atoms with Crippen LogP contribution < -0.4 is 11.1 Å². The van der Waals surface area contributed by atoms with E-state index in [4.69, 9.17) is 22.1 Å². The fraction of sp³-hybridized carbons (Fsp3) is 0.417. The fourth-order valence-electron chi connectivity index (χ4n) is 1.84. The second-order valence-corrected chi connectivity index (χ2v) is 4.78. The van der Waals surface area contributed by atoms with Crippen LogP contribution in [0.4, 0.5) is 11.4 Å². The molecule has 1 aromatic carbocycles. The number of halogens is 1. The molecule has 0 radical (unpaired) electrons. The van der Waals surface area contributed by atoms with Gasteiger partial charge in [-0.05, 0) is 38.0 Å². The van der Waals surface area contributed by atoms with Gasteiger partial charge in [-0.2, -0.15) is 0 Å². The highest BCUT2D eigenvalue weighted by Crippen LogP contribution is 2.28. The molecule has 1 saturated heterocycles. The lowest BCUT2D eigenvalue weighted by Crippen LogP contribution is -2.39. The van der Waals surface area contributed by atoms with Crippen molar-refractivity contribution in [3.8, 4) is 0 Å². The van der Waals surface area contributed by atoms with Gasteiger partial charge < -0.3 is 15.8 Å². The maximum Gasteiger partial charge on any atom is 0.256 e. The second kappa shape index (κ2) is 4.55. The van der Waals surface area contributed by atoms with Crippen molar-refractivity contribution in [2.24, 2.45) is 0 Å². The van der Waals surface area contributed by atoms with Crippen LogP contribution in [0.25, 0.3) is 0 Å². The van der Waals surface area contributed by atoms with E-state index in [0.29, 0.717) is 23.0 Å². The number of anilines is 2. The molecule has 5 heteroatoms. The predicted molar refractivity (Wildman–Crippen MR) is 68.1 cm³/mol. The van der Waals surface area contributed by atoms with Crippen molar-refractivity contribution in [3.63, 3.8) is 0 Å². The largest absolute Gasteiger partial charge is 0.397 e. The summed E-state index contributed by atoms with van der Waals surface area (Å²) < 4.78 is 5.46. The number of benzene rings is 1. The molecule has 0 saturated carbocycles. The van der Waals surface area contributed by atoms with Gasteiger partial charge in [-0.1, -0.05) is 11.6 Å². The van der Waals surface area contributed by atoms with Crippen LogP contribution in [-0.4, -0.2) is 18.1 Å². The van der Waals surface area contributed by atoms with Gasteiger partial charge in [0.25, 0.3) is 5.91 Å². The Morgan fingerprint density at radius 3 is 2.94 bits per heavy atom. The standard InChI is InChI=1S/C12H15ClN2O2/c1-12(5-2-6-17-12)11(16)15-8-3-4-9(13)10(14)7-8/h3-4,7H,2,5-6,14H2,1H3,(H,15,16). The minimum Gasteiger partial charge on any atom is -0.397 e. The van der Waals surface area contributed by atoms with Crippen LogP contribution >= 0.6 is 11.6 Å². The highest BCUT2D eigenvalue weighted by Gasteiger charge is 2.37. The molecule has 0 aliphatic carbocycles. The highest BCUT2D eigenvalue weighted by atomic mass is 35.5. The van der Waals surface area contributed by atoms with Gasteiger partial charge in [-0.15, -0.1) is 0 Å². The zero-order valence-corrected chi connectivity index (χ0v) is 10.4. The number of nitrogens with one attached hydrogen (secondary N) is 1. The lowest BCUT2D eigenvalue weighted by molar-refractivity contribution is -0.133. The Morgan fingerprint density at radius 1 is 1.59 bits per heavy atom. The van der Waals surface area contributed by atoms with E-state index in [-0.39, 0.29) is 5.91 Å². The summed E-state index contributed by atoms with van der Waals surface area (Å²) in [6, 6.07) is 5.01. The number of hydrogen-bond acceptors (Lipinski definition) is 3. The fourth-order valence-corrected chi connectivity index (χ4v) is 1.96. The van der Waals surface area contributed by atoms with Gasteiger partial charge in [0, 0.05) is 12.3 Å². The van der Waals surface area contributed by atoms with E-state index in [2.05, 4.69) is 5.32 Å². The first kappa shape index (κ1) is 12.2. The molecule has 0 aromatic heterocycles. The van der Waals surface area contributed by atoms with E-state index < -0.39 is 5.60 Å². The van der Waals surface area contributed by atoms with Gasteiger partial charge in [0.1, 0.15) is 5.60 Å². The van der Waals surface area contributed by atoms with Crippen molar-refractivity contribution in [2.45, 2.75) is 25.4 Å². The first-order valence-corrected chi connectivity index (χ1v) is 5.89. The molecular formula is C12H15ClN2O2. The Balaban J connectivity index is 2.10. The number of hydrogen-bond donors (Lipinski definition) is 2. The van der Waals surface area contributed by atoms with Crippen molar-refractivity contribution >= 4 is 28.9 Å². The minimum atomic E-state index is -0.728. The summed E-state index contributed by atoms with van der Waals surface area (Å²) in [5, 5.41) is 3.27. The zero-order chi connectivity index (χ0) is 12.5. The summed E-state index contributed by atoms with van der Waals surface area (Å²) in [6.07, 6.45) is 1.65. The smallest absolute Gasteiger partial charge is 0.256 e. The SMILES string of the molecule is CC1(C(=O)Nc2ccc(Cl)c(N)c2)CCCO1. The molecule has 1 fully saturated rings. The van der Waals surface area contributed by atoms with Crippen LogP contribution in [-0.2, 0) is 9.53 Å². The molecule has 1 unspecified atom stereocenters. The minimum absolute atomic E-state index is 0.142. The number of nitrogens with two attached hydrogens (primary N) is 1. The van der Waals surface area contributed by atoms with Crippen LogP contribution in [0.2, 0.25) is 5.02 Å². The Morgan fingerprint density at radius 2 is 2.35 bits per heavy atom. The van der Waals surface area contributed by atoms with Gasteiger partial charge in [0.05, 0.1) is 10.7 Å². The first-order chi connectivity index (χ1) is 8.01. The summed E-state index contributed by atoms with van der Waals surface area (Å²) >= 11 is 5.81. The molecule has 1 aromatic rings. The molecule has 1 atom stereocenters. The molecule has 2 rings (SSSR count). The number of carbonyl (C=O) groups excluding carboxylic acids is 1. The lowest BCUT2D eigenvalue weighted by Gasteiger charge is -2.22. The summed E-state index contributed by atoms with van der Waals surface area (Å²) in [6.45, 7) is 2.43. The van der Waals surface area contributed by atoms with Gasteiger partial charge in [0.2, 0.25) is 0 Å². The normalized spacial score (nSPS) is 23.6. The summed E-state index contributed by atoms with van der Waals surface area (Å²) in [5.74, 6) is -0.142. The van der Waals surface area contributed by atoms with E-state index in [1.807, 2.05) is 0 Å². The molecule has 4 nitrogen and oxygen atoms in total. The van der Waals surface area contributed by atoms with Gasteiger partial charge in [-0.25, -0.2) is 0 Å². The van der Waals surface area contributed by atoms with Crippen LogP contribution in [0.5, 0.6) is 0 Å². The van der Waals surface area contributed by atoms with E-state index in [1.54, 1.807) is 25.1 Å². The number of nitrogen functional groups attached to an aromatic ring is 1. The quantitative estimate of drug-likeness (QED) is 0.797. The van der Waals surface area contributed by atoms with Crippen molar-refractivity contribution < 1.29 is 9.53 Å². The summed E-state index contributed by atoms with van der Waals surface area (Å²) in [4.78, 5) is 12.0. The topological polar surface area (TPSA) is 64.4 Å². The highest BCUT2D eigenvalue weighted by molar-refractivity contribution is 6.33. The van der Waals surface area contributed by atoms with E-state index in [0.717, 1.165) is 12.8 Å². The maximum absolute atomic E-state index is 12.0. The van der Waals surface area contributed by atoms with E-state index >= 15 is 0 Å². The second-order valence-electron chi connectivity index (χ2n) is 4.37. The van der Waals surface area contributed by atoms with Crippen molar-refractivity contribution in [2.75, 3.05) is 17.7 Å². The van der Waals surface area contributed by atoms with Gasteiger partial charge in [0.15, 0.2) is 0 Å². The van der Waals surface area contributed by atoms with Crippen molar-refractivity contribution in [3.05, 3.63) is 23.2 Å². The molecule has 0 bridgehead atoms. The number of amides is 1. The Bertz CT molecular complexity index is 442. The lowest BCUT2D eigenvalue weighted by atomic mass is 10.0. The van der Waals surface area contributed by atoms with E-state index in [1.165, 1.54) is 0 Å². The van der Waals surface area contributed by atoms with E-state index in [9.17, 15) is 4.79 Å². The molecule has 0 spiro atoms. The van der Waals surface area contributed by atoms with Crippen LogP contribution in [0.15, 0.2) is 18.2 Å². The number of ether oxygens (including phenoxy) is 1. The molecule has 17 heavy (non-hydrogen) atoms. The Labute approximate surface area is 105 Å². The maximum atomic E-state index is 12.0. The molecule has 1 amide bonds. The molecule has 1 heterocycles.